The molecule has 1 aliphatic heterocycles. The number of hydrogen-bond acceptors (Lipinski definition) is 7. The standard InChI is InChI=1S/C26H25ClN6O2/c1-16-4-2-5-19(31-16)14-35-24-10-8-18(13-21(24)27)32-25-20-12-17(7-9-22(20)29-15-30-25)33-26(34)23-6-3-11-28-23/h2,4-5,7-10,12-13,15,23,28H,3,6,11,14H2,1H3,(H,33,34)(H,29,30,32)/t23-/m1/s1. The Morgan fingerprint density at radius 2 is 2.03 bits per heavy atom. The SMILES string of the molecule is Cc1cccc(COc2ccc(Nc3ncnc4ccc(NC(=O)[C@H]5CCCN5)cc34)cc2Cl)n1. The molecular formula is C26H25ClN6O2. The van der Waals surface area contributed by atoms with Crippen LogP contribution in [0, 0.1) is 6.92 Å². The van der Waals surface area contributed by atoms with Crippen LogP contribution in [0.25, 0.3) is 10.9 Å². The number of nitrogens with one attached hydrogen (secondary N) is 3. The van der Waals surface area contributed by atoms with Crippen LogP contribution in [0.5, 0.6) is 5.75 Å². The first-order valence-electron chi connectivity index (χ1n) is 11.5. The number of anilines is 3. The molecule has 3 N–H and O–H groups in total. The maximum Gasteiger partial charge on any atom is 0.241 e. The zero-order valence-electron chi connectivity index (χ0n) is 19.2. The summed E-state index contributed by atoms with van der Waals surface area (Å²) >= 11 is 6.48. The van der Waals surface area contributed by atoms with Gasteiger partial charge in [0.05, 0.1) is 22.3 Å². The number of carbonyl (C=O) groups excluding carboxylic acids is 1. The number of carbonyl (C=O) groups is 1. The molecule has 1 aliphatic rings. The zero-order chi connectivity index (χ0) is 24.2. The molecule has 0 spiro atoms. The lowest BCUT2D eigenvalue weighted by molar-refractivity contribution is -0.117. The second kappa shape index (κ2) is 10.2. The summed E-state index contributed by atoms with van der Waals surface area (Å²) in [5, 5.41) is 10.8. The molecule has 9 heteroatoms. The van der Waals surface area contributed by atoms with Gasteiger partial charge in [0.2, 0.25) is 5.91 Å². The molecule has 178 valence electrons. The number of rotatable bonds is 7. The van der Waals surface area contributed by atoms with E-state index in [-0.39, 0.29) is 11.9 Å². The molecule has 1 amide bonds. The van der Waals surface area contributed by atoms with Gasteiger partial charge in [-0.1, -0.05) is 17.7 Å². The van der Waals surface area contributed by atoms with Gasteiger partial charge in [-0.15, -0.1) is 0 Å². The van der Waals surface area contributed by atoms with Gasteiger partial charge in [-0.05, 0) is 74.8 Å². The number of pyridine rings is 1. The molecule has 3 heterocycles. The van der Waals surface area contributed by atoms with Crippen molar-refractivity contribution in [3.05, 3.63) is 77.3 Å². The fourth-order valence-electron chi connectivity index (χ4n) is 4.04. The van der Waals surface area contributed by atoms with Gasteiger partial charge in [-0.2, -0.15) is 0 Å². The predicted molar refractivity (Wildman–Crippen MR) is 137 cm³/mol. The Morgan fingerprint density at radius 1 is 1.14 bits per heavy atom. The number of aryl methyl sites for hydroxylation is 1. The molecule has 1 saturated heterocycles. The highest BCUT2D eigenvalue weighted by molar-refractivity contribution is 6.32. The van der Waals surface area contributed by atoms with Gasteiger partial charge < -0.3 is 20.7 Å². The van der Waals surface area contributed by atoms with Gasteiger partial charge in [-0.3, -0.25) is 9.78 Å². The van der Waals surface area contributed by atoms with Crippen molar-refractivity contribution in [2.24, 2.45) is 0 Å². The van der Waals surface area contributed by atoms with Crippen LogP contribution in [0.1, 0.15) is 24.2 Å². The highest BCUT2D eigenvalue weighted by atomic mass is 35.5. The van der Waals surface area contributed by atoms with Gasteiger partial charge in [0.15, 0.2) is 0 Å². The fourth-order valence-corrected chi connectivity index (χ4v) is 4.27. The summed E-state index contributed by atoms with van der Waals surface area (Å²) in [6.45, 7) is 3.14. The minimum atomic E-state index is -0.153. The number of benzene rings is 2. The topological polar surface area (TPSA) is 101 Å². The number of amides is 1. The first-order chi connectivity index (χ1) is 17.0. The molecule has 5 rings (SSSR count). The van der Waals surface area contributed by atoms with Crippen molar-refractivity contribution in [3.8, 4) is 5.75 Å². The smallest absolute Gasteiger partial charge is 0.241 e. The lowest BCUT2D eigenvalue weighted by Crippen LogP contribution is -2.35. The van der Waals surface area contributed by atoms with Crippen molar-refractivity contribution < 1.29 is 9.53 Å². The molecule has 2 aromatic carbocycles. The van der Waals surface area contributed by atoms with E-state index in [2.05, 4.69) is 30.9 Å². The van der Waals surface area contributed by atoms with E-state index in [1.54, 1.807) is 6.07 Å². The summed E-state index contributed by atoms with van der Waals surface area (Å²) in [6, 6.07) is 16.7. The third-order valence-corrected chi connectivity index (χ3v) is 6.09. The van der Waals surface area contributed by atoms with Crippen molar-refractivity contribution >= 4 is 45.6 Å². The second-order valence-electron chi connectivity index (χ2n) is 8.42. The Labute approximate surface area is 208 Å². The molecule has 1 atom stereocenters. The van der Waals surface area contributed by atoms with Crippen LogP contribution in [0.15, 0.2) is 60.9 Å². The Kier molecular flexibility index (Phi) is 6.74. The van der Waals surface area contributed by atoms with Crippen LogP contribution in [-0.2, 0) is 11.4 Å². The highest BCUT2D eigenvalue weighted by Crippen LogP contribution is 2.31. The van der Waals surface area contributed by atoms with Gasteiger partial charge in [0, 0.05) is 22.5 Å². The van der Waals surface area contributed by atoms with Gasteiger partial charge in [0.1, 0.15) is 24.5 Å². The Balaban J connectivity index is 1.31. The zero-order valence-corrected chi connectivity index (χ0v) is 20.0. The van der Waals surface area contributed by atoms with Crippen molar-refractivity contribution in [2.45, 2.75) is 32.4 Å². The highest BCUT2D eigenvalue weighted by Gasteiger charge is 2.22. The van der Waals surface area contributed by atoms with E-state index in [9.17, 15) is 4.79 Å². The van der Waals surface area contributed by atoms with E-state index >= 15 is 0 Å². The molecule has 2 aromatic heterocycles. The van der Waals surface area contributed by atoms with E-state index < -0.39 is 0 Å². The first kappa shape index (κ1) is 23.0. The fraction of sp³-hybridized carbons (Fsp3) is 0.231. The molecule has 8 nitrogen and oxygen atoms in total. The summed E-state index contributed by atoms with van der Waals surface area (Å²) < 4.78 is 5.85. The normalized spacial score (nSPS) is 15.2. The molecule has 0 radical (unpaired) electrons. The molecule has 0 bridgehead atoms. The van der Waals surface area contributed by atoms with Crippen molar-refractivity contribution in [3.63, 3.8) is 0 Å². The summed E-state index contributed by atoms with van der Waals surface area (Å²) in [5.41, 5.74) is 3.98. The lowest BCUT2D eigenvalue weighted by atomic mass is 10.1. The maximum atomic E-state index is 12.5. The lowest BCUT2D eigenvalue weighted by Gasteiger charge is -2.14. The van der Waals surface area contributed by atoms with Gasteiger partial charge in [0.25, 0.3) is 0 Å². The summed E-state index contributed by atoms with van der Waals surface area (Å²) in [6.07, 6.45) is 3.35. The monoisotopic (exact) mass is 488 g/mol. The average Bonchev–Trinajstić information content (AvgIpc) is 3.39. The van der Waals surface area contributed by atoms with E-state index in [1.807, 2.05) is 55.5 Å². The van der Waals surface area contributed by atoms with Crippen molar-refractivity contribution in [1.82, 2.24) is 20.3 Å². The summed E-state index contributed by atoms with van der Waals surface area (Å²) in [7, 11) is 0. The molecular weight excluding hydrogens is 464 g/mol. The molecule has 0 unspecified atom stereocenters. The molecule has 0 saturated carbocycles. The summed E-state index contributed by atoms with van der Waals surface area (Å²) in [5.74, 6) is 1.15. The minimum absolute atomic E-state index is 0.0311. The van der Waals surface area contributed by atoms with Crippen LogP contribution in [0.2, 0.25) is 5.02 Å². The number of ether oxygens (including phenoxy) is 1. The van der Waals surface area contributed by atoms with E-state index in [0.717, 1.165) is 47.4 Å². The maximum absolute atomic E-state index is 12.5. The van der Waals surface area contributed by atoms with Gasteiger partial charge in [-0.25, -0.2) is 9.97 Å². The third-order valence-electron chi connectivity index (χ3n) is 5.80. The summed E-state index contributed by atoms with van der Waals surface area (Å²) in [4.78, 5) is 25.7. The molecule has 0 aliphatic carbocycles. The number of nitrogens with zero attached hydrogens (tertiary/aromatic N) is 3. The first-order valence-corrected chi connectivity index (χ1v) is 11.8. The van der Waals surface area contributed by atoms with Crippen LogP contribution in [-0.4, -0.2) is 33.4 Å². The Hall–Kier alpha value is -3.75. The van der Waals surface area contributed by atoms with Crippen LogP contribution >= 0.6 is 11.6 Å². The Morgan fingerprint density at radius 3 is 2.83 bits per heavy atom. The quantitative estimate of drug-likeness (QED) is 0.336. The van der Waals surface area contributed by atoms with Crippen molar-refractivity contribution in [2.75, 3.05) is 17.2 Å². The number of hydrogen-bond donors (Lipinski definition) is 3. The number of aromatic nitrogens is 3. The van der Waals surface area contributed by atoms with Gasteiger partial charge >= 0.3 is 0 Å². The van der Waals surface area contributed by atoms with Crippen molar-refractivity contribution in [1.29, 1.82) is 0 Å². The average molecular weight is 489 g/mol. The van der Waals surface area contributed by atoms with E-state index in [1.165, 1.54) is 6.33 Å². The third kappa shape index (κ3) is 5.50. The number of halogens is 1. The Bertz CT molecular complexity index is 1370. The van der Waals surface area contributed by atoms with E-state index in [4.69, 9.17) is 16.3 Å². The largest absolute Gasteiger partial charge is 0.486 e. The molecule has 1 fully saturated rings. The van der Waals surface area contributed by atoms with Crippen LogP contribution < -0.4 is 20.7 Å². The van der Waals surface area contributed by atoms with Crippen LogP contribution in [0.3, 0.4) is 0 Å². The minimum Gasteiger partial charge on any atom is -0.486 e. The van der Waals surface area contributed by atoms with Crippen LogP contribution in [0.4, 0.5) is 17.2 Å². The molecule has 4 aromatic rings. The number of fused-ring (bicyclic) bond motifs is 1. The van der Waals surface area contributed by atoms with E-state index in [0.29, 0.717) is 28.9 Å². The molecule has 35 heavy (non-hydrogen) atoms. The second-order valence-corrected chi connectivity index (χ2v) is 8.83. The predicted octanol–water partition coefficient (Wildman–Crippen LogP) is 5.00.